The Morgan fingerprint density at radius 2 is 1.79 bits per heavy atom. The Morgan fingerprint density at radius 3 is 2.43 bits per heavy atom. The van der Waals surface area contributed by atoms with E-state index in [9.17, 15) is 0 Å². The summed E-state index contributed by atoms with van der Waals surface area (Å²) in [7, 11) is 3.88. The molecule has 0 bridgehead atoms. The first-order chi connectivity index (χ1) is 13.2. The van der Waals surface area contributed by atoms with E-state index in [1.54, 1.807) is 0 Å². The first-order valence-electron chi connectivity index (χ1n) is 9.62. The molecule has 0 spiro atoms. The van der Waals surface area contributed by atoms with Gasteiger partial charge in [-0.1, -0.05) is 48.9 Å². The van der Waals surface area contributed by atoms with Crippen molar-refractivity contribution in [2.24, 2.45) is 12.0 Å². The molecule has 5 nitrogen and oxygen atoms in total. The van der Waals surface area contributed by atoms with E-state index in [1.165, 1.54) is 24.8 Å². The molecule has 1 heterocycles. The monoisotopic (exact) mass is 489 g/mol. The van der Waals surface area contributed by atoms with Crippen molar-refractivity contribution < 1.29 is 0 Å². The van der Waals surface area contributed by atoms with Crippen molar-refractivity contribution in [1.29, 1.82) is 0 Å². The second-order valence-electron chi connectivity index (χ2n) is 7.35. The molecule has 0 saturated heterocycles. The van der Waals surface area contributed by atoms with Crippen LogP contribution < -0.4 is 10.6 Å². The van der Waals surface area contributed by atoms with Gasteiger partial charge in [0.05, 0.1) is 17.6 Å². The molecule has 1 saturated carbocycles. The minimum atomic E-state index is 0. The summed E-state index contributed by atoms with van der Waals surface area (Å²) in [5.74, 6) is 1.82. The van der Waals surface area contributed by atoms with Gasteiger partial charge in [-0.2, -0.15) is 0 Å². The number of para-hydroxylation sites is 2. The second kappa shape index (κ2) is 8.94. The molecule has 6 heteroatoms. The largest absolute Gasteiger partial charge is 0.356 e. The molecule has 2 N–H and O–H groups in total. The smallest absolute Gasteiger partial charge is 0.191 e. The van der Waals surface area contributed by atoms with Crippen molar-refractivity contribution in [2.45, 2.75) is 31.2 Å². The zero-order chi connectivity index (χ0) is 18.7. The van der Waals surface area contributed by atoms with Crippen molar-refractivity contribution in [3.63, 3.8) is 0 Å². The van der Waals surface area contributed by atoms with Gasteiger partial charge in [0.1, 0.15) is 5.82 Å². The lowest BCUT2D eigenvalue weighted by molar-refractivity contribution is 0.244. The van der Waals surface area contributed by atoms with Crippen LogP contribution in [0.15, 0.2) is 59.6 Å². The number of fused-ring (bicyclic) bond motifs is 1. The zero-order valence-electron chi connectivity index (χ0n) is 16.5. The topological polar surface area (TPSA) is 54.2 Å². The number of aliphatic imine (C=N–C) groups is 1. The van der Waals surface area contributed by atoms with Gasteiger partial charge in [-0.05, 0) is 30.5 Å². The van der Waals surface area contributed by atoms with Crippen LogP contribution in [0.5, 0.6) is 0 Å². The van der Waals surface area contributed by atoms with Gasteiger partial charge >= 0.3 is 0 Å². The lowest BCUT2D eigenvalue weighted by atomic mass is 9.64. The molecular weight excluding hydrogens is 461 g/mol. The van der Waals surface area contributed by atoms with E-state index in [2.05, 4.69) is 63.6 Å². The Labute approximate surface area is 183 Å². The Kier molecular flexibility index (Phi) is 6.59. The van der Waals surface area contributed by atoms with Gasteiger partial charge in [0.2, 0.25) is 0 Å². The van der Waals surface area contributed by atoms with E-state index in [-0.39, 0.29) is 29.4 Å². The highest BCUT2D eigenvalue weighted by molar-refractivity contribution is 14.0. The molecule has 0 amide bonds. The molecule has 1 fully saturated rings. The number of hydrogen-bond donors (Lipinski definition) is 2. The second-order valence-corrected chi connectivity index (χ2v) is 7.35. The van der Waals surface area contributed by atoms with Gasteiger partial charge in [0.15, 0.2) is 5.96 Å². The Balaban J connectivity index is 0.00000225. The number of aromatic nitrogens is 2. The number of nitrogens with one attached hydrogen (secondary N) is 2. The molecule has 1 aliphatic rings. The average molecular weight is 489 g/mol. The molecule has 0 atom stereocenters. The number of nitrogens with zero attached hydrogens (tertiary/aromatic N) is 3. The predicted octanol–water partition coefficient (Wildman–Crippen LogP) is 3.98. The molecule has 148 valence electrons. The predicted molar refractivity (Wildman–Crippen MR) is 126 cm³/mol. The van der Waals surface area contributed by atoms with Crippen LogP contribution in [0.25, 0.3) is 11.0 Å². The number of hydrogen-bond acceptors (Lipinski definition) is 2. The molecule has 2 aromatic carbocycles. The Morgan fingerprint density at radius 1 is 1.07 bits per heavy atom. The molecule has 0 unspecified atom stereocenters. The minimum absolute atomic E-state index is 0. The lowest BCUT2D eigenvalue weighted by Gasteiger charge is -2.43. The van der Waals surface area contributed by atoms with Crippen LogP contribution in [-0.4, -0.2) is 29.1 Å². The normalized spacial score (nSPS) is 15.6. The van der Waals surface area contributed by atoms with E-state index >= 15 is 0 Å². The Bertz CT molecular complexity index is 944. The van der Waals surface area contributed by atoms with Gasteiger partial charge in [-0.3, -0.25) is 4.99 Å². The summed E-state index contributed by atoms with van der Waals surface area (Å²) < 4.78 is 2.13. The van der Waals surface area contributed by atoms with Crippen LogP contribution >= 0.6 is 24.0 Å². The van der Waals surface area contributed by atoms with Crippen LogP contribution in [0, 0.1) is 0 Å². The number of benzene rings is 2. The molecule has 0 aliphatic heterocycles. The molecule has 0 radical (unpaired) electrons. The first-order valence-corrected chi connectivity index (χ1v) is 9.62. The van der Waals surface area contributed by atoms with E-state index in [4.69, 9.17) is 4.98 Å². The maximum Gasteiger partial charge on any atom is 0.191 e. The maximum atomic E-state index is 4.72. The van der Waals surface area contributed by atoms with E-state index in [1.807, 2.05) is 25.2 Å². The van der Waals surface area contributed by atoms with Crippen molar-refractivity contribution in [1.82, 2.24) is 20.2 Å². The highest BCUT2D eigenvalue weighted by Crippen LogP contribution is 2.43. The third kappa shape index (κ3) is 4.01. The van der Waals surface area contributed by atoms with Gasteiger partial charge in [-0.15, -0.1) is 24.0 Å². The number of aryl methyl sites for hydroxylation is 1. The molecule has 4 rings (SSSR count). The quantitative estimate of drug-likeness (QED) is 0.324. The molecular formula is C22H28IN5. The summed E-state index contributed by atoms with van der Waals surface area (Å²) in [4.78, 5) is 9.12. The lowest BCUT2D eigenvalue weighted by Crippen LogP contribution is -2.48. The number of imidazole rings is 1. The summed E-state index contributed by atoms with van der Waals surface area (Å²) in [6, 6.07) is 19.1. The maximum absolute atomic E-state index is 4.72. The van der Waals surface area contributed by atoms with Crippen LogP contribution in [-0.2, 0) is 19.0 Å². The van der Waals surface area contributed by atoms with Crippen molar-refractivity contribution in [2.75, 3.05) is 13.6 Å². The summed E-state index contributed by atoms with van der Waals surface area (Å²) in [5, 5.41) is 6.95. The van der Waals surface area contributed by atoms with Gasteiger partial charge in [0, 0.05) is 26.1 Å². The SMILES string of the molecule is CN=C(NCc1nc2ccccc2n1C)NCC1(c2ccccc2)CCC1.I. The number of halogens is 1. The van der Waals surface area contributed by atoms with Crippen LogP contribution in [0.4, 0.5) is 0 Å². The van der Waals surface area contributed by atoms with Crippen molar-refractivity contribution >= 4 is 41.0 Å². The summed E-state index contributed by atoms with van der Waals surface area (Å²) in [6.45, 7) is 1.54. The highest BCUT2D eigenvalue weighted by Gasteiger charge is 2.38. The van der Waals surface area contributed by atoms with Crippen LogP contribution in [0.2, 0.25) is 0 Å². The average Bonchev–Trinajstić information content (AvgIpc) is 3.00. The zero-order valence-corrected chi connectivity index (χ0v) is 18.8. The number of rotatable bonds is 5. The summed E-state index contributed by atoms with van der Waals surface area (Å²) >= 11 is 0. The standard InChI is InChI=1S/C22H27N5.HI/c1-23-21(24-15-20-26-18-11-6-7-12-19(18)27(20)2)25-16-22(13-8-14-22)17-9-4-3-5-10-17;/h3-7,9-12H,8,13-16H2,1-2H3,(H2,23,24,25);1H. The van der Waals surface area contributed by atoms with Crippen molar-refractivity contribution in [3.05, 3.63) is 66.0 Å². The summed E-state index contributed by atoms with van der Waals surface area (Å²) in [6.07, 6.45) is 3.75. The van der Waals surface area contributed by atoms with E-state index in [0.717, 1.165) is 29.4 Å². The van der Waals surface area contributed by atoms with E-state index < -0.39 is 0 Å². The van der Waals surface area contributed by atoms with Crippen molar-refractivity contribution in [3.8, 4) is 0 Å². The first kappa shape index (κ1) is 20.6. The minimum Gasteiger partial charge on any atom is -0.356 e. The molecule has 3 aromatic rings. The molecule has 1 aromatic heterocycles. The third-order valence-electron chi connectivity index (χ3n) is 5.81. The summed E-state index contributed by atoms with van der Waals surface area (Å²) in [5.41, 5.74) is 3.83. The fourth-order valence-corrected chi connectivity index (χ4v) is 3.95. The molecule has 1 aliphatic carbocycles. The van der Waals surface area contributed by atoms with E-state index in [0.29, 0.717) is 6.54 Å². The van der Waals surface area contributed by atoms with Gasteiger partial charge in [-0.25, -0.2) is 4.98 Å². The van der Waals surface area contributed by atoms with Crippen LogP contribution in [0.3, 0.4) is 0 Å². The third-order valence-corrected chi connectivity index (χ3v) is 5.81. The van der Waals surface area contributed by atoms with Crippen LogP contribution in [0.1, 0.15) is 30.7 Å². The fraction of sp³-hybridized carbons (Fsp3) is 0.364. The highest BCUT2D eigenvalue weighted by atomic mass is 127. The Hall–Kier alpha value is -2.09. The molecule has 28 heavy (non-hydrogen) atoms. The van der Waals surface area contributed by atoms with Gasteiger partial charge in [0.25, 0.3) is 0 Å². The number of guanidine groups is 1. The van der Waals surface area contributed by atoms with Gasteiger partial charge < -0.3 is 15.2 Å². The fourth-order valence-electron chi connectivity index (χ4n) is 3.95.